The Kier molecular flexibility index (Phi) is 3.43. The first-order chi connectivity index (χ1) is 6.72. The number of rotatable bonds is 3. The van der Waals surface area contributed by atoms with Crippen LogP contribution in [-0.4, -0.2) is 22.5 Å². The first kappa shape index (κ1) is 9.98. The third-order valence-electron chi connectivity index (χ3n) is 1.56. The van der Waals surface area contributed by atoms with Crippen LogP contribution >= 0.6 is 0 Å². The van der Waals surface area contributed by atoms with E-state index in [4.69, 9.17) is 10.3 Å². The molecule has 0 saturated carbocycles. The molecule has 0 fully saturated rings. The molecule has 0 saturated heterocycles. The molecule has 0 radical (unpaired) electrons. The molecule has 14 heavy (non-hydrogen) atoms. The van der Waals surface area contributed by atoms with Crippen LogP contribution in [0.2, 0.25) is 0 Å². The zero-order chi connectivity index (χ0) is 10.4. The van der Waals surface area contributed by atoms with Gasteiger partial charge in [-0.05, 0) is 17.2 Å². The van der Waals surface area contributed by atoms with E-state index in [1.165, 1.54) is 12.3 Å². The highest BCUT2D eigenvalue weighted by atomic mass is 16.4. The fraction of sp³-hybridized carbons (Fsp3) is 0. The van der Waals surface area contributed by atoms with Gasteiger partial charge in [0.05, 0.1) is 6.21 Å². The first-order valence-electron chi connectivity index (χ1n) is 3.91. The van der Waals surface area contributed by atoms with Gasteiger partial charge in [-0.1, -0.05) is 29.4 Å². The summed E-state index contributed by atoms with van der Waals surface area (Å²) in [6.07, 6.45) is 3.85. The van der Waals surface area contributed by atoms with Crippen molar-refractivity contribution in [1.82, 2.24) is 0 Å². The molecule has 4 nitrogen and oxygen atoms in total. The smallest absolute Gasteiger partial charge is 0.328 e. The average Bonchev–Trinajstić information content (AvgIpc) is 2.17. The lowest BCUT2D eigenvalue weighted by molar-refractivity contribution is -0.131. The fourth-order valence-corrected chi connectivity index (χ4v) is 0.927. The lowest BCUT2D eigenvalue weighted by atomic mass is 10.1. The van der Waals surface area contributed by atoms with E-state index in [1.807, 2.05) is 0 Å². The maximum atomic E-state index is 10.2. The number of nitrogens with zero attached hydrogens (tertiary/aromatic N) is 1. The van der Waals surface area contributed by atoms with Crippen LogP contribution in [0.15, 0.2) is 35.5 Å². The second kappa shape index (κ2) is 4.81. The number of benzene rings is 1. The highest BCUT2D eigenvalue weighted by Gasteiger charge is 1.90. The molecule has 0 bridgehead atoms. The summed E-state index contributed by atoms with van der Waals surface area (Å²) in [4.78, 5) is 10.2. The van der Waals surface area contributed by atoms with E-state index in [-0.39, 0.29) is 0 Å². The summed E-state index contributed by atoms with van der Waals surface area (Å²) in [6.45, 7) is 0. The van der Waals surface area contributed by atoms with Crippen LogP contribution in [0.3, 0.4) is 0 Å². The molecule has 0 aromatic heterocycles. The Balaban J connectivity index is 2.78. The third-order valence-corrected chi connectivity index (χ3v) is 1.56. The van der Waals surface area contributed by atoms with Gasteiger partial charge < -0.3 is 10.3 Å². The second-order valence-corrected chi connectivity index (χ2v) is 2.58. The molecule has 0 aliphatic carbocycles. The molecule has 0 spiro atoms. The van der Waals surface area contributed by atoms with Crippen molar-refractivity contribution in [3.8, 4) is 0 Å². The van der Waals surface area contributed by atoms with Crippen LogP contribution in [0.4, 0.5) is 0 Å². The van der Waals surface area contributed by atoms with E-state index in [0.717, 1.165) is 17.2 Å². The maximum absolute atomic E-state index is 10.2. The topological polar surface area (TPSA) is 69.9 Å². The van der Waals surface area contributed by atoms with Crippen LogP contribution in [0.25, 0.3) is 6.08 Å². The Hall–Kier alpha value is -2.10. The highest BCUT2D eigenvalue weighted by molar-refractivity contribution is 5.85. The Bertz CT molecular complexity index is 365. The van der Waals surface area contributed by atoms with Crippen molar-refractivity contribution in [2.45, 2.75) is 0 Å². The van der Waals surface area contributed by atoms with E-state index in [2.05, 4.69) is 5.16 Å². The van der Waals surface area contributed by atoms with Gasteiger partial charge in [-0.15, -0.1) is 0 Å². The van der Waals surface area contributed by atoms with Crippen molar-refractivity contribution < 1.29 is 15.1 Å². The van der Waals surface area contributed by atoms with Gasteiger partial charge in [0.15, 0.2) is 0 Å². The van der Waals surface area contributed by atoms with Gasteiger partial charge in [-0.3, -0.25) is 0 Å². The number of carboxylic acid groups (broad SMARTS) is 1. The zero-order valence-electron chi connectivity index (χ0n) is 7.29. The summed E-state index contributed by atoms with van der Waals surface area (Å²) in [5.74, 6) is -0.981. The van der Waals surface area contributed by atoms with Crippen LogP contribution < -0.4 is 0 Å². The molecule has 2 N–H and O–H groups in total. The van der Waals surface area contributed by atoms with Crippen LogP contribution in [0, 0.1) is 0 Å². The number of carboxylic acids is 1. The summed E-state index contributed by atoms with van der Waals surface area (Å²) >= 11 is 0. The van der Waals surface area contributed by atoms with E-state index in [1.54, 1.807) is 24.3 Å². The predicted molar refractivity (Wildman–Crippen MR) is 52.5 cm³/mol. The molecule has 0 aliphatic heterocycles. The minimum atomic E-state index is -0.981. The number of carbonyl (C=O) groups is 1. The van der Waals surface area contributed by atoms with Crippen LogP contribution in [-0.2, 0) is 4.79 Å². The second-order valence-electron chi connectivity index (χ2n) is 2.58. The lowest BCUT2D eigenvalue weighted by Crippen LogP contribution is -1.86. The molecule has 0 unspecified atom stereocenters. The van der Waals surface area contributed by atoms with Gasteiger partial charge >= 0.3 is 5.97 Å². The molecular formula is C10H9NO3. The molecule has 1 aromatic carbocycles. The molecule has 0 atom stereocenters. The van der Waals surface area contributed by atoms with Crippen molar-refractivity contribution in [2.24, 2.45) is 5.16 Å². The standard InChI is InChI=1S/C10H9NO3/c12-10(13)6-5-8-1-3-9(4-2-8)7-11-14/h1-7,14H,(H,12,13)/b6-5+,11-7+. The Labute approximate surface area is 80.8 Å². The van der Waals surface area contributed by atoms with Crippen molar-refractivity contribution >= 4 is 18.3 Å². The first-order valence-corrected chi connectivity index (χ1v) is 3.91. The average molecular weight is 191 g/mol. The molecular weight excluding hydrogens is 182 g/mol. The maximum Gasteiger partial charge on any atom is 0.328 e. The van der Waals surface area contributed by atoms with Gasteiger partial charge in [0, 0.05) is 6.08 Å². The van der Waals surface area contributed by atoms with E-state index >= 15 is 0 Å². The highest BCUT2D eigenvalue weighted by Crippen LogP contribution is 2.04. The van der Waals surface area contributed by atoms with Gasteiger partial charge in [-0.25, -0.2) is 4.79 Å². The molecule has 0 aliphatic rings. The van der Waals surface area contributed by atoms with E-state index in [9.17, 15) is 4.79 Å². The summed E-state index contributed by atoms with van der Waals surface area (Å²) in [6, 6.07) is 6.91. The van der Waals surface area contributed by atoms with Crippen molar-refractivity contribution in [3.05, 3.63) is 41.5 Å². The molecule has 1 rings (SSSR count). The van der Waals surface area contributed by atoms with Crippen molar-refractivity contribution in [3.63, 3.8) is 0 Å². The minimum absolute atomic E-state index is 0.750. The van der Waals surface area contributed by atoms with Gasteiger partial charge in [0.25, 0.3) is 0 Å². The predicted octanol–water partition coefficient (Wildman–Crippen LogP) is 1.59. The quantitative estimate of drug-likeness (QED) is 0.330. The van der Waals surface area contributed by atoms with Gasteiger partial charge in [0.1, 0.15) is 0 Å². The van der Waals surface area contributed by atoms with E-state index in [0.29, 0.717) is 0 Å². The SMILES string of the molecule is O=C(O)/C=C/c1ccc(/C=N/O)cc1. The Morgan fingerprint density at radius 1 is 1.21 bits per heavy atom. The van der Waals surface area contributed by atoms with Gasteiger partial charge in [0.2, 0.25) is 0 Å². The largest absolute Gasteiger partial charge is 0.478 e. The molecule has 0 amide bonds. The normalized spacial score (nSPS) is 11.1. The van der Waals surface area contributed by atoms with Gasteiger partial charge in [-0.2, -0.15) is 0 Å². The molecule has 4 heteroatoms. The fourth-order valence-electron chi connectivity index (χ4n) is 0.927. The molecule has 0 heterocycles. The zero-order valence-corrected chi connectivity index (χ0v) is 7.29. The Morgan fingerprint density at radius 2 is 1.79 bits per heavy atom. The number of hydrogen-bond donors (Lipinski definition) is 2. The minimum Gasteiger partial charge on any atom is -0.478 e. The lowest BCUT2D eigenvalue weighted by Gasteiger charge is -1.93. The van der Waals surface area contributed by atoms with Crippen molar-refractivity contribution in [2.75, 3.05) is 0 Å². The number of hydrogen-bond acceptors (Lipinski definition) is 3. The van der Waals surface area contributed by atoms with Crippen LogP contribution in [0.5, 0.6) is 0 Å². The summed E-state index contributed by atoms with van der Waals surface area (Å²) in [5, 5.41) is 19.5. The number of aliphatic carboxylic acids is 1. The van der Waals surface area contributed by atoms with E-state index < -0.39 is 5.97 Å². The van der Waals surface area contributed by atoms with Crippen LogP contribution in [0.1, 0.15) is 11.1 Å². The molecule has 1 aromatic rings. The summed E-state index contributed by atoms with van der Waals surface area (Å²) < 4.78 is 0. The monoisotopic (exact) mass is 191 g/mol. The third kappa shape index (κ3) is 3.10. The Morgan fingerprint density at radius 3 is 2.29 bits per heavy atom. The number of oxime groups is 1. The molecule has 72 valence electrons. The van der Waals surface area contributed by atoms with Crippen molar-refractivity contribution in [1.29, 1.82) is 0 Å². The summed E-state index contributed by atoms with van der Waals surface area (Å²) in [7, 11) is 0. The summed E-state index contributed by atoms with van der Waals surface area (Å²) in [5.41, 5.74) is 1.53.